The predicted molar refractivity (Wildman–Crippen MR) is 217 cm³/mol. The van der Waals surface area contributed by atoms with Gasteiger partial charge in [-0.15, -0.1) is 0 Å². The topological polar surface area (TPSA) is 35.6 Å². The molecule has 0 amide bonds. The number of fused-ring (bicyclic) bond motifs is 9. The van der Waals surface area contributed by atoms with Crippen LogP contribution in [0.2, 0.25) is 0 Å². The van der Waals surface area contributed by atoms with E-state index in [1.54, 1.807) is 12.1 Å². The molecule has 0 spiro atoms. The molecule has 0 aliphatic carbocycles. The van der Waals surface area contributed by atoms with Crippen molar-refractivity contribution in [2.45, 2.75) is 0 Å². The third kappa shape index (κ3) is 4.54. The van der Waals surface area contributed by atoms with Crippen LogP contribution in [0.4, 0.5) is 4.39 Å². The maximum absolute atomic E-state index is 14.0. The van der Waals surface area contributed by atoms with Crippen LogP contribution in [0, 0.1) is 5.82 Å². The summed E-state index contributed by atoms with van der Waals surface area (Å²) in [6.07, 6.45) is 0. The van der Waals surface area contributed by atoms with Crippen molar-refractivity contribution in [3.05, 3.63) is 182 Å². The summed E-state index contributed by atoms with van der Waals surface area (Å²) < 4.78 is 18.5. The van der Waals surface area contributed by atoms with Crippen molar-refractivity contribution in [2.75, 3.05) is 0 Å². The fourth-order valence-electron chi connectivity index (χ4n) is 8.19. The first-order valence-electron chi connectivity index (χ1n) is 17.8. The Hall–Kier alpha value is -7.11. The molecular formula is C48H29FN4. The molecule has 0 unspecified atom stereocenters. The highest BCUT2D eigenvalue weighted by Gasteiger charge is 2.19. The Morgan fingerprint density at radius 2 is 1.00 bits per heavy atom. The van der Waals surface area contributed by atoms with E-state index in [0.717, 1.165) is 60.8 Å². The molecule has 0 atom stereocenters. The van der Waals surface area contributed by atoms with Crippen LogP contribution in [0.15, 0.2) is 176 Å². The van der Waals surface area contributed by atoms with Gasteiger partial charge in [-0.2, -0.15) is 0 Å². The smallest absolute Gasteiger partial charge is 0.235 e. The van der Waals surface area contributed by atoms with Gasteiger partial charge in [0.2, 0.25) is 5.95 Å². The summed E-state index contributed by atoms with van der Waals surface area (Å²) in [5, 5.41) is 8.11. The summed E-state index contributed by atoms with van der Waals surface area (Å²) in [7, 11) is 0. The molecule has 3 aromatic heterocycles. The zero-order valence-corrected chi connectivity index (χ0v) is 28.4. The first-order valence-corrected chi connectivity index (χ1v) is 17.8. The van der Waals surface area contributed by atoms with E-state index in [-0.39, 0.29) is 5.82 Å². The zero-order valence-electron chi connectivity index (χ0n) is 28.4. The Morgan fingerprint density at radius 3 is 1.81 bits per heavy atom. The Labute approximate surface area is 303 Å². The first-order chi connectivity index (χ1) is 26.2. The van der Waals surface area contributed by atoms with Crippen molar-refractivity contribution in [1.82, 2.24) is 19.1 Å². The molecule has 0 aliphatic heterocycles. The summed E-state index contributed by atoms with van der Waals surface area (Å²) in [5.41, 5.74) is 10.3. The molecule has 11 rings (SSSR count). The third-order valence-electron chi connectivity index (χ3n) is 10.6. The van der Waals surface area contributed by atoms with Gasteiger partial charge in [-0.05, 0) is 101 Å². The minimum absolute atomic E-state index is 0.278. The van der Waals surface area contributed by atoms with E-state index in [1.807, 2.05) is 24.3 Å². The van der Waals surface area contributed by atoms with E-state index in [0.29, 0.717) is 5.95 Å². The molecule has 5 heteroatoms. The molecule has 11 aromatic rings. The van der Waals surface area contributed by atoms with E-state index >= 15 is 0 Å². The SMILES string of the molecule is Fc1ccc(-c2nc(-n3c4ccccc4c4cc(-c5ccc6c(c5)c5c7ccccc7ccc5n6-c5ccccc5)ccc43)nc3ccccc23)cc1. The van der Waals surface area contributed by atoms with Gasteiger partial charge >= 0.3 is 0 Å². The Balaban J connectivity index is 1.14. The Kier molecular flexibility index (Phi) is 6.40. The highest BCUT2D eigenvalue weighted by Crippen LogP contribution is 2.40. The van der Waals surface area contributed by atoms with Gasteiger partial charge in [0.25, 0.3) is 0 Å². The van der Waals surface area contributed by atoms with Gasteiger partial charge in [-0.1, -0.05) is 97.1 Å². The molecule has 0 aliphatic rings. The van der Waals surface area contributed by atoms with E-state index in [9.17, 15) is 4.39 Å². The van der Waals surface area contributed by atoms with Crippen molar-refractivity contribution >= 4 is 65.3 Å². The minimum atomic E-state index is -0.278. The number of para-hydroxylation sites is 3. The van der Waals surface area contributed by atoms with Gasteiger partial charge in [0, 0.05) is 38.2 Å². The van der Waals surface area contributed by atoms with Gasteiger partial charge in [0.05, 0.1) is 33.3 Å². The molecule has 0 radical (unpaired) electrons. The number of hydrogen-bond acceptors (Lipinski definition) is 2. The van der Waals surface area contributed by atoms with Gasteiger partial charge in [0.1, 0.15) is 5.82 Å². The minimum Gasteiger partial charge on any atom is -0.309 e. The van der Waals surface area contributed by atoms with Crippen LogP contribution >= 0.6 is 0 Å². The van der Waals surface area contributed by atoms with Crippen LogP contribution in [0.5, 0.6) is 0 Å². The number of aromatic nitrogens is 4. The number of benzene rings is 8. The number of rotatable bonds is 4. The molecule has 4 nitrogen and oxygen atoms in total. The second-order valence-electron chi connectivity index (χ2n) is 13.6. The largest absolute Gasteiger partial charge is 0.309 e. The molecule has 8 aromatic carbocycles. The lowest BCUT2D eigenvalue weighted by molar-refractivity contribution is 0.628. The van der Waals surface area contributed by atoms with E-state index in [2.05, 4.69) is 137 Å². The number of nitrogens with zero attached hydrogens (tertiary/aromatic N) is 4. The zero-order chi connectivity index (χ0) is 35.0. The normalized spacial score (nSPS) is 11.9. The molecule has 3 heterocycles. The van der Waals surface area contributed by atoms with Crippen LogP contribution in [-0.2, 0) is 0 Å². The standard InChI is InChI=1S/C48H29FN4/c49-34-23-18-31(19-24-34)47-38-15-6-8-16-41(38)50-48(51-47)53-42-17-9-7-14-37(42)39-28-32(21-25-43(39)53)33-22-26-44-40(29-33)46-36-13-5-4-10-30(36)20-27-45(46)52(44)35-11-2-1-3-12-35/h1-29H. The molecule has 248 valence electrons. The van der Waals surface area contributed by atoms with Crippen LogP contribution in [0.1, 0.15) is 0 Å². The summed E-state index contributed by atoms with van der Waals surface area (Å²) in [4.78, 5) is 10.3. The van der Waals surface area contributed by atoms with E-state index < -0.39 is 0 Å². The number of hydrogen-bond donors (Lipinski definition) is 0. The van der Waals surface area contributed by atoms with E-state index in [4.69, 9.17) is 9.97 Å². The lowest BCUT2D eigenvalue weighted by Crippen LogP contribution is -2.03. The summed E-state index contributed by atoms with van der Waals surface area (Å²) in [6, 6.07) is 60.2. The molecule has 0 N–H and O–H groups in total. The highest BCUT2D eigenvalue weighted by molar-refractivity contribution is 6.22. The van der Waals surface area contributed by atoms with Crippen molar-refractivity contribution in [3.63, 3.8) is 0 Å². The fourth-order valence-corrected chi connectivity index (χ4v) is 8.19. The number of halogens is 1. The first kappa shape index (κ1) is 29.6. The third-order valence-corrected chi connectivity index (χ3v) is 10.6. The maximum Gasteiger partial charge on any atom is 0.235 e. The average Bonchev–Trinajstić information content (AvgIpc) is 3.73. The summed E-state index contributed by atoms with van der Waals surface area (Å²) in [5.74, 6) is 0.295. The van der Waals surface area contributed by atoms with Gasteiger partial charge in [-0.25, -0.2) is 14.4 Å². The highest BCUT2D eigenvalue weighted by atomic mass is 19.1. The molecule has 53 heavy (non-hydrogen) atoms. The molecule has 0 bridgehead atoms. The molecule has 0 saturated heterocycles. The molecule has 0 saturated carbocycles. The van der Waals surface area contributed by atoms with Crippen molar-refractivity contribution in [3.8, 4) is 34.0 Å². The lowest BCUT2D eigenvalue weighted by Gasteiger charge is -2.12. The fraction of sp³-hybridized carbons (Fsp3) is 0. The van der Waals surface area contributed by atoms with Crippen LogP contribution in [-0.4, -0.2) is 19.1 Å². The van der Waals surface area contributed by atoms with Gasteiger partial charge in [-0.3, -0.25) is 4.57 Å². The van der Waals surface area contributed by atoms with Crippen LogP contribution < -0.4 is 0 Å². The lowest BCUT2D eigenvalue weighted by atomic mass is 9.99. The maximum atomic E-state index is 14.0. The summed E-state index contributed by atoms with van der Waals surface area (Å²) in [6.45, 7) is 0. The average molecular weight is 681 g/mol. The monoisotopic (exact) mass is 680 g/mol. The van der Waals surface area contributed by atoms with Crippen molar-refractivity contribution in [1.29, 1.82) is 0 Å². The quantitative estimate of drug-likeness (QED) is 0.185. The van der Waals surface area contributed by atoms with Gasteiger partial charge in [0.15, 0.2) is 0 Å². The van der Waals surface area contributed by atoms with Crippen LogP contribution in [0.25, 0.3) is 99.3 Å². The van der Waals surface area contributed by atoms with Gasteiger partial charge < -0.3 is 4.57 Å². The summed E-state index contributed by atoms with van der Waals surface area (Å²) >= 11 is 0. The second-order valence-corrected chi connectivity index (χ2v) is 13.6. The van der Waals surface area contributed by atoms with Crippen LogP contribution in [0.3, 0.4) is 0 Å². The Bertz CT molecular complexity index is 3230. The predicted octanol–water partition coefficient (Wildman–Crippen LogP) is 12.5. The molecule has 0 fully saturated rings. The Morgan fingerprint density at radius 1 is 0.396 bits per heavy atom. The van der Waals surface area contributed by atoms with Crippen molar-refractivity contribution in [2.24, 2.45) is 0 Å². The molecular weight excluding hydrogens is 652 g/mol. The van der Waals surface area contributed by atoms with E-state index in [1.165, 1.54) is 44.7 Å². The second kappa shape index (κ2) is 11.5. The van der Waals surface area contributed by atoms with Crippen molar-refractivity contribution < 1.29 is 4.39 Å².